The molecule has 62 heavy (non-hydrogen) atoms. The molecular formula is C54H111O7P. The van der Waals surface area contributed by atoms with Gasteiger partial charge >= 0.3 is 7.82 Å². The molecule has 0 aliphatic rings. The Morgan fingerprint density at radius 2 is 0.484 bits per heavy atom. The van der Waals surface area contributed by atoms with Gasteiger partial charge in [0.15, 0.2) is 0 Å². The van der Waals surface area contributed by atoms with Gasteiger partial charge in [0.1, 0.15) is 16.8 Å². The quantitative estimate of drug-likeness (QED) is 0.0413. The van der Waals surface area contributed by atoms with E-state index in [1.807, 2.05) is 0 Å². The van der Waals surface area contributed by atoms with E-state index in [0.29, 0.717) is 0 Å². The number of phosphoric acid groups is 1. The molecule has 0 aromatic heterocycles. The van der Waals surface area contributed by atoms with Crippen molar-refractivity contribution in [1.82, 2.24) is 0 Å². The molecule has 374 valence electrons. The van der Waals surface area contributed by atoms with Crippen molar-refractivity contribution in [3.8, 4) is 0 Å². The van der Waals surface area contributed by atoms with Crippen LogP contribution in [0.1, 0.15) is 276 Å². The summed E-state index contributed by atoms with van der Waals surface area (Å²) in [6.45, 7) is 25.6. The molecule has 0 fully saturated rings. The summed E-state index contributed by atoms with van der Waals surface area (Å²) < 4.78 is 40.0. The summed E-state index contributed by atoms with van der Waals surface area (Å²) in [5, 5.41) is 36.3. The van der Waals surface area contributed by atoms with Crippen LogP contribution in [0.15, 0.2) is 0 Å². The average molecular weight is 903 g/mol. The van der Waals surface area contributed by atoms with E-state index in [1.165, 1.54) is 0 Å². The molecule has 0 aromatic rings. The first-order chi connectivity index (χ1) is 29.9. The zero-order valence-corrected chi connectivity index (χ0v) is 44.6. The summed E-state index contributed by atoms with van der Waals surface area (Å²) in [5.41, 5.74) is -3.61. The average Bonchev–Trinajstić information content (AvgIpc) is 3.28. The number of phosphoric ester groups is 1. The smallest absolute Gasteiger partial charge is 0.393 e. The second kappa shape index (κ2) is 36.1. The Labute approximate surface area is 387 Å². The summed E-state index contributed by atoms with van der Waals surface area (Å²) in [6.07, 6.45) is 28.6. The first-order valence-electron chi connectivity index (χ1n) is 27.5. The first-order valence-corrected chi connectivity index (χ1v) is 28.9. The minimum absolute atomic E-state index is 0.0886. The van der Waals surface area contributed by atoms with Crippen molar-refractivity contribution in [3.63, 3.8) is 0 Å². The van der Waals surface area contributed by atoms with E-state index in [1.54, 1.807) is 0 Å². The van der Waals surface area contributed by atoms with Crippen LogP contribution in [0.3, 0.4) is 0 Å². The standard InChI is InChI=1S/C54H111O7P/c1-13-25-31-37-46(19-7)52(43-55,47(20-8)38-32-26-14-2)59-62(58,60-53(44-56,48(21-9)39-33-27-15-3)49(22-10)40-34-28-16-4)61-54(45-57,50(23-11)41-35-29-17-5)51(24-12)42-36-30-18-6/h46-51,55-57H,13-45H2,1-12H3. The number of hydrogen-bond acceptors (Lipinski definition) is 7. The fourth-order valence-corrected chi connectivity index (χ4v) is 14.0. The summed E-state index contributed by atoms with van der Waals surface area (Å²) in [6, 6.07) is 0. The van der Waals surface area contributed by atoms with Gasteiger partial charge in [-0.25, -0.2) is 4.57 Å². The predicted octanol–water partition coefficient (Wildman–Crippen LogP) is 17.0. The maximum absolute atomic E-state index is 17.2. The summed E-state index contributed by atoms with van der Waals surface area (Å²) in [5.74, 6) is -0.532. The highest BCUT2D eigenvalue weighted by Gasteiger charge is 2.59. The van der Waals surface area contributed by atoms with Crippen LogP contribution in [0.5, 0.6) is 0 Å². The van der Waals surface area contributed by atoms with Gasteiger partial charge in [-0.1, -0.05) is 237 Å². The third kappa shape index (κ3) is 18.9. The number of rotatable bonds is 45. The molecule has 0 aliphatic heterocycles. The Hall–Kier alpha value is -0.0100. The van der Waals surface area contributed by atoms with Gasteiger partial charge in [0, 0.05) is 0 Å². The van der Waals surface area contributed by atoms with Gasteiger partial charge in [0.05, 0.1) is 19.8 Å². The van der Waals surface area contributed by atoms with Crippen LogP contribution in [0.25, 0.3) is 0 Å². The van der Waals surface area contributed by atoms with E-state index in [9.17, 15) is 15.3 Å². The van der Waals surface area contributed by atoms with E-state index < -0.39 is 24.6 Å². The van der Waals surface area contributed by atoms with Gasteiger partial charge in [-0.2, -0.15) is 0 Å². The second-order valence-corrected chi connectivity index (χ2v) is 21.1. The van der Waals surface area contributed by atoms with E-state index in [-0.39, 0.29) is 55.3 Å². The molecule has 0 aromatic carbocycles. The van der Waals surface area contributed by atoms with Crippen LogP contribution in [-0.2, 0) is 18.1 Å². The van der Waals surface area contributed by atoms with E-state index in [4.69, 9.17) is 13.6 Å². The molecule has 0 bridgehead atoms. The highest BCUT2D eigenvalue weighted by molar-refractivity contribution is 7.48. The maximum atomic E-state index is 17.2. The molecule has 0 heterocycles. The molecular weight excluding hydrogens is 792 g/mol. The number of aliphatic hydroxyl groups excluding tert-OH is 3. The molecule has 0 aliphatic carbocycles. The van der Waals surface area contributed by atoms with E-state index in [2.05, 4.69) is 83.1 Å². The van der Waals surface area contributed by atoms with Crippen molar-refractivity contribution in [3.05, 3.63) is 0 Å². The number of aliphatic hydroxyl groups is 3. The van der Waals surface area contributed by atoms with Crippen molar-refractivity contribution < 1.29 is 33.5 Å². The van der Waals surface area contributed by atoms with E-state index in [0.717, 1.165) is 193 Å². The Morgan fingerprint density at radius 3 is 0.597 bits per heavy atom. The van der Waals surface area contributed by atoms with Gasteiger partial charge < -0.3 is 15.3 Å². The summed E-state index contributed by atoms with van der Waals surface area (Å²) >= 11 is 0. The highest BCUT2D eigenvalue weighted by Crippen LogP contribution is 2.66. The second-order valence-electron chi connectivity index (χ2n) is 19.7. The first kappa shape index (κ1) is 62.0. The van der Waals surface area contributed by atoms with E-state index >= 15 is 4.57 Å². The topological polar surface area (TPSA) is 105 Å². The van der Waals surface area contributed by atoms with Crippen LogP contribution in [0.4, 0.5) is 0 Å². The van der Waals surface area contributed by atoms with Gasteiger partial charge in [-0.3, -0.25) is 13.6 Å². The molecule has 0 saturated heterocycles. The molecule has 0 saturated carbocycles. The van der Waals surface area contributed by atoms with Crippen LogP contribution < -0.4 is 0 Å². The third-order valence-electron chi connectivity index (χ3n) is 15.6. The third-order valence-corrected chi connectivity index (χ3v) is 17.3. The largest absolute Gasteiger partial charge is 0.476 e. The molecule has 0 radical (unpaired) electrons. The molecule has 3 N–H and O–H groups in total. The zero-order chi connectivity index (χ0) is 46.9. The molecule has 0 rings (SSSR count). The lowest BCUT2D eigenvalue weighted by molar-refractivity contribution is -0.179. The van der Waals surface area contributed by atoms with Gasteiger partial charge in [-0.15, -0.1) is 0 Å². The molecule has 0 amide bonds. The number of unbranched alkanes of at least 4 members (excludes halogenated alkanes) is 12. The van der Waals surface area contributed by atoms with Crippen LogP contribution in [-0.4, -0.2) is 51.9 Å². The van der Waals surface area contributed by atoms with Gasteiger partial charge in [-0.05, 0) is 74.0 Å². The highest BCUT2D eigenvalue weighted by atomic mass is 31.2. The van der Waals surface area contributed by atoms with Crippen molar-refractivity contribution in [2.24, 2.45) is 35.5 Å². The Bertz CT molecular complexity index is 887. The predicted molar refractivity (Wildman–Crippen MR) is 268 cm³/mol. The minimum atomic E-state index is -4.75. The van der Waals surface area contributed by atoms with Crippen molar-refractivity contribution in [1.29, 1.82) is 0 Å². The lowest BCUT2D eigenvalue weighted by Crippen LogP contribution is -2.56. The maximum Gasteiger partial charge on any atom is 0.476 e. The Balaban J connectivity index is 8.79. The molecule has 7 nitrogen and oxygen atoms in total. The fraction of sp³-hybridized carbons (Fsp3) is 1.00. The van der Waals surface area contributed by atoms with Crippen molar-refractivity contribution in [2.45, 2.75) is 293 Å². The lowest BCUT2D eigenvalue weighted by atomic mass is 9.71. The van der Waals surface area contributed by atoms with Crippen molar-refractivity contribution >= 4 is 7.82 Å². The zero-order valence-electron chi connectivity index (χ0n) is 43.7. The number of hydrogen-bond donors (Lipinski definition) is 3. The summed E-state index contributed by atoms with van der Waals surface area (Å²) in [7, 11) is -4.75. The summed E-state index contributed by atoms with van der Waals surface area (Å²) in [4.78, 5) is 0. The van der Waals surface area contributed by atoms with Crippen LogP contribution in [0.2, 0.25) is 0 Å². The van der Waals surface area contributed by atoms with Gasteiger partial charge in [0.2, 0.25) is 0 Å². The Kier molecular flexibility index (Phi) is 36.1. The van der Waals surface area contributed by atoms with Crippen LogP contribution in [0, 0.1) is 35.5 Å². The molecule has 0 spiro atoms. The van der Waals surface area contributed by atoms with Gasteiger partial charge in [0.25, 0.3) is 0 Å². The van der Waals surface area contributed by atoms with Crippen LogP contribution >= 0.6 is 7.82 Å². The SMILES string of the molecule is CCCCCC(CC)C(CO)(OP(=O)(OC(CO)(C(CC)CCCCC)C(CC)CCCCC)OC(CO)(C(CC)CCCCC)C(CC)CCCCC)C(CC)CCCCC. The Morgan fingerprint density at radius 1 is 0.323 bits per heavy atom. The van der Waals surface area contributed by atoms with Crippen molar-refractivity contribution in [2.75, 3.05) is 19.8 Å². The minimum Gasteiger partial charge on any atom is -0.393 e. The molecule has 6 atom stereocenters. The fourth-order valence-electron chi connectivity index (χ4n) is 11.6. The monoisotopic (exact) mass is 903 g/mol. The normalized spacial score (nSPS) is 19.1. The lowest BCUT2D eigenvalue weighted by Gasteiger charge is -2.52. The molecule has 6 unspecified atom stereocenters. The molecule has 8 heteroatoms.